The van der Waals surface area contributed by atoms with E-state index in [4.69, 9.17) is 0 Å². The van der Waals surface area contributed by atoms with Crippen LogP contribution in [-0.4, -0.2) is 66.6 Å². The van der Waals surface area contributed by atoms with Gasteiger partial charge < -0.3 is 9.80 Å². The zero-order valence-electron chi connectivity index (χ0n) is 21.3. The lowest BCUT2D eigenvalue weighted by atomic mass is 10.0. The molecule has 202 valence electrons. The number of carbonyl (C=O) groups excluding carboxylic acids is 2. The van der Waals surface area contributed by atoms with Gasteiger partial charge in [-0.05, 0) is 60.5 Å². The average molecular weight is 558 g/mol. The molecule has 0 N–H and O–H groups in total. The number of benzene rings is 2. The largest absolute Gasteiger partial charge is 0.338 e. The predicted octanol–water partition coefficient (Wildman–Crippen LogP) is 4.62. The van der Waals surface area contributed by atoms with Gasteiger partial charge in [0.25, 0.3) is 5.91 Å². The number of hydrogen-bond donors (Lipinski definition) is 0. The van der Waals surface area contributed by atoms with Crippen molar-refractivity contribution < 1.29 is 22.4 Å². The average Bonchev–Trinajstić information content (AvgIpc) is 3.47. The summed E-state index contributed by atoms with van der Waals surface area (Å²) in [5, 5.41) is 1.87. The Labute approximate surface area is 227 Å². The van der Waals surface area contributed by atoms with Gasteiger partial charge in [-0.3, -0.25) is 9.59 Å². The summed E-state index contributed by atoms with van der Waals surface area (Å²) in [4.78, 5) is 30.8. The van der Waals surface area contributed by atoms with Gasteiger partial charge in [0.05, 0.1) is 16.3 Å². The van der Waals surface area contributed by atoms with E-state index in [0.717, 1.165) is 0 Å². The highest BCUT2D eigenvalue weighted by molar-refractivity contribution is 7.89. The fraction of sp³-hybridized carbons (Fsp3) is 0.357. The Bertz CT molecular complexity index is 1330. The molecule has 2 heterocycles. The second-order valence-corrected chi connectivity index (χ2v) is 12.2. The van der Waals surface area contributed by atoms with E-state index < -0.39 is 15.8 Å². The molecule has 0 saturated carbocycles. The minimum absolute atomic E-state index is 0.0236. The van der Waals surface area contributed by atoms with Crippen molar-refractivity contribution in [1.29, 1.82) is 0 Å². The fourth-order valence-electron chi connectivity index (χ4n) is 4.71. The molecule has 0 radical (unpaired) electrons. The third-order valence-corrected chi connectivity index (χ3v) is 9.37. The molecular formula is C28H32FN3O4S2. The highest BCUT2D eigenvalue weighted by atomic mass is 32.2. The summed E-state index contributed by atoms with van der Waals surface area (Å²) in [5.41, 5.74) is 0.628. The topological polar surface area (TPSA) is 78.0 Å². The summed E-state index contributed by atoms with van der Waals surface area (Å²) in [6.07, 6.45) is 1.65. The van der Waals surface area contributed by atoms with Gasteiger partial charge in [-0.2, -0.15) is 4.31 Å². The van der Waals surface area contributed by atoms with Crippen LogP contribution < -0.4 is 0 Å². The summed E-state index contributed by atoms with van der Waals surface area (Å²) in [7, 11) is -3.87. The summed E-state index contributed by atoms with van der Waals surface area (Å²) < 4.78 is 41.9. The van der Waals surface area contributed by atoms with E-state index in [2.05, 4.69) is 0 Å². The lowest BCUT2D eigenvalue weighted by Gasteiger charge is -2.39. The molecule has 2 amide bonds. The van der Waals surface area contributed by atoms with Crippen molar-refractivity contribution >= 4 is 33.2 Å². The summed E-state index contributed by atoms with van der Waals surface area (Å²) in [6, 6.07) is 17.6. The molecule has 0 spiro atoms. The zero-order valence-corrected chi connectivity index (χ0v) is 23.0. The minimum Gasteiger partial charge on any atom is -0.338 e. The maximum atomic E-state index is 14.0. The molecule has 0 atom stereocenters. The third-order valence-electron chi connectivity index (χ3n) is 6.65. The molecular weight excluding hydrogens is 525 g/mol. The van der Waals surface area contributed by atoms with Crippen LogP contribution in [0.5, 0.6) is 0 Å². The van der Waals surface area contributed by atoms with E-state index in [1.807, 2.05) is 18.4 Å². The molecule has 0 bridgehead atoms. The minimum atomic E-state index is -3.87. The van der Waals surface area contributed by atoms with Crippen LogP contribution in [0, 0.1) is 5.82 Å². The molecule has 2 aromatic carbocycles. The lowest BCUT2D eigenvalue weighted by molar-refractivity contribution is -0.135. The van der Waals surface area contributed by atoms with Gasteiger partial charge in [0, 0.05) is 32.2 Å². The van der Waals surface area contributed by atoms with Gasteiger partial charge in [-0.25, -0.2) is 12.8 Å². The highest BCUT2D eigenvalue weighted by Crippen LogP contribution is 2.24. The third kappa shape index (κ3) is 6.67. The Balaban J connectivity index is 1.54. The van der Waals surface area contributed by atoms with Crippen LogP contribution in [-0.2, 0) is 21.4 Å². The standard InChI is InChI=1S/C28H32FN3O4S2/c1-2-15-31(38(35,36)25-10-4-3-5-11-25)21-27(33)32(20-22-8-6-9-23(29)19-22)24-13-16-30(17-14-24)28(34)26-12-7-18-37-26/h3-12,18-19,24H,2,13-17,20-21H2,1H3. The first-order valence-electron chi connectivity index (χ1n) is 12.7. The van der Waals surface area contributed by atoms with E-state index >= 15 is 0 Å². The molecule has 7 nitrogen and oxygen atoms in total. The van der Waals surface area contributed by atoms with Crippen LogP contribution >= 0.6 is 11.3 Å². The number of rotatable bonds is 10. The summed E-state index contributed by atoms with van der Waals surface area (Å²) >= 11 is 1.40. The van der Waals surface area contributed by atoms with Crippen molar-refractivity contribution in [2.75, 3.05) is 26.2 Å². The van der Waals surface area contributed by atoms with Crippen LogP contribution in [0.4, 0.5) is 4.39 Å². The Morgan fingerprint density at radius 1 is 1.03 bits per heavy atom. The number of likely N-dealkylation sites (tertiary alicyclic amines) is 1. The first-order valence-corrected chi connectivity index (χ1v) is 15.0. The maximum Gasteiger partial charge on any atom is 0.263 e. The second kappa shape index (κ2) is 12.6. The Kier molecular flexibility index (Phi) is 9.30. The van der Waals surface area contributed by atoms with Crippen molar-refractivity contribution in [3.63, 3.8) is 0 Å². The number of halogens is 1. The molecule has 3 aromatic rings. The van der Waals surface area contributed by atoms with E-state index in [1.165, 1.54) is 39.9 Å². The first-order chi connectivity index (χ1) is 18.3. The van der Waals surface area contributed by atoms with Gasteiger partial charge in [0.2, 0.25) is 15.9 Å². The Morgan fingerprint density at radius 3 is 2.39 bits per heavy atom. The van der Waals surface area contributed by atoms with Crippen molar-refractivity contribution in [3.8, 4) is 0 Å². The first kappa shape index (κ1) is 27.9. The van der Waals surface area contributed by atoms with Crippen LogP contribution in [0.2, 0.25) is 0 Å². The van der Waals surface area contributed by atoms with E-state index in [-0.39, 0.29) is 42.4 Å². The van der Waals surface area contributed by atoms with Gasteiger partial charge in [-0.15, -0.1) is 11.3 Å². The number of thiophene rings is 1. The Morgan fingerprint density at radius 2 is 1.76 bits per heavy atom. The second-order valence-electron chi connectivity index (χ2n) is 9.30. The molecule has 1 saturated heterocycles. The Hall–Kier alpha value is -3.08. The van der Waals surface area contributed by atoms with Crippen LogP contribution in [0.15, 0.2) is 77.0 Å². The summed E-state index contributed by atoms with van der Waals surface area (Å²) in [6.45, 7) is 2.87. The van der Waals surface area contributed by atoms with Crippen molar-refractivity contribution in [1.82, 2.24) is 14.1 Å². The molecule has 38 heavy (non-hydrogen) atoms. The predicted molar refractivity (Wildman–Crippen MR) is 146 cm³/mol. The van der Waals surface area contributed by atoms with Crippen LogP contribution in [0.25, 0.3) is 0 Å². The number of amides is 2. The number of nitrogens with zero attached hydrogens (tertiary/aromatic N) is 3. The smallest absolute Gasteiger partial charge is 0.263 e. The lowest BCUT2D eigenvalue weighted by Crippen LogP contribution is -2.51. The van der Waals surface area contributed by atoms with Crippen molar-refractivity contribution in [2.45, 2.75) is 43.7 Å². The molecule has 1 fully saturated rings. The van der Waals surface area contributed by atoms with Crippen molar-refractivity contribution in [2.24, 2.45) is 0 Å². The van der Waals surface area contributed by atoms with Crippen molar-refractivity contribution in [3.05, 3.63) is 88.4 Å². The molecule has 1 aliphatic heterocycles. The van der Waals surface area contributed by atoms with Gasteiger partial charge in [0.1, 0.15) is 5.82 Å². The van der Waals surface area contributed by atoms with Gasteiger partial charge in [0.15, 0.2) is 0 Å². The normalized spacial score (nSPS) is 14.6. The SMILES string of the molecule is CCCN(CC(=O)N(Cc1cccc(F)c1)C1CCN(C(=O)c2cccs2)CC1)S(=O)(=O)c1ccccc1. The molecule has 4 rings (SSSR count). The quantitative estimate of drug-likeness (QED) is 0.365. The molecule has 1 aliphatic rings. The highest BCUT2D eigenvalue weighted by Gasteiger charge is 2.33. The fourth-order valence-corrected chi connectivity index (χ4v) is 6.90. The molecule has 1 aromatic heterocycles. The number of hydrogen-bond acceptors (Lipinski definition) is 5. The number of piperidine rings is 1. The number of carbonyl (C=O) groups is 2. The number of sulfonamides is 1. The van der Waals surface area contributed by atoms with Crippen LogP contribution in [0.1, 0.15) is 41.4 Å². The molecule has 0 unspecified atom stereocenters. The maximum absolute atomic E-state index is 14.0. The zero-order chi connectivity index (χ0) is 27.1. The monoisotopic (exact) mass is 557 g/mol. The molecule has 0 aliphatic carbocycles. The summed E-state index contributed by atoms with van der Waals surface area (Å²) in [5.74, 6) is -0.764. The van der Waals surface area contributed by atoms with E-state index in [0.29, 0.717) is 42.8 Å². The van der Waals surface area contributed by atoms with E-state index in [1.54, 1.807) is 46.2 Å². The van der Waals surface area contributed by atoms with Gasteiger partial charge >= 0.3 is 0 Å². The van der Waals surface area contributed by atoms with Crippen LogP contribution in [0.3, 0.4) is 0 Å². The molecule has 10 heteroatoms. The van der Waals surface area contributed by atoms with Gasteiger partial charge in [-0.1, -0.05) is 43.3 Å². The van der Waals surface area contributed by atoms with E-state index in [9.17, 15) is 22.4 Å².